The predicted molar refractivity (Wildman–Crippen MR) is 96.5 cm³/mol. The van der Waals surface area contributed by atoms with E-state index < -0.39 is 0 Å². The molecule has 0 spiro atoms. The minimum absolute atomic E-state index is 0.222. The second kappa shape index (κ2) is 7.85. The first-order chi connectivity index (χ1) is 12.1. The fourth-order valence-corrected chi connectivity index (χ4v) is 3.04. The Labute approximate surface area is 155 Å². The van der Waals surface area contributed by atoms with E-state index in [4.69, 9.17) is 37.4 Å². The van der Waals surface area contributed by atoms with Gasteiger partial charge in [0, 0.05) is 22.2 Å². The molecule has 0 radical (unpaired) electrons. The van der Waals surface area contributed by atoms with E-state index in [2.05, 4.69) is 5.32 Å². The van der Waals surface area contributed by atoms with Gasteiger partial charge in [-0.2, -0.15) is 0 Å². The van der Waals surface area contributed by atoms with E-state index in [1.807, 2.05) is 6.07 Å². The molecule has 1 N–H and O–H groups in total. The molecule has 0 unspecified atom stereocenters. The molecule has 1 aliphatic rings. The number of methoxy groups -OCH3 is 1. The van der Waals surface area contributed by atoms with Crippen molar-refractivity contribution in [2.45, 2.75) is 6.42 Å². The number of carbonyl (C=O) groups excluding carboxylic acids is 1. The van der Waals surface area contributed by atoms with Crippen molar-refractivity contribution in [3.05, 3.63) is 51.5 Å². The number of hydrogen-bond acceptors (Lipinski definition) is 4. The number of benzene rings is 2. The largest absolute Gasteiger partial charge is 0.493 e. The summed E-state index contributed by atoms with van der Waals surface area (Å²) in [6, 6.07) is 8.60. The van der Waals surface area contributed by atoms with Gasteiger partial charge in [-0.25, -0.2) is 0 Å². The minimum atomic E-state index is -0.222. The van der Waals surface area contributed by atoms with Gasteiger partial charge in [-0.15, -0.1) is 0 Å². The molecule has 0 atom stereocenters. The normalized spacial score (nSPS) is 12.6. The molecule has 0 bridgehead atoms. The quantitative estimate of drug-likeness (QED) is 0.856. The fraction of sp³-hybridized carbons (Fsp3) is 0.278. The highest BCUT2D eigenvalue weighted by Gasteiger charge is 2.20. The van der Waals surface area contributed by atoms with Gasteiger partial charge in [-0.3, -0.25) is 4.79 Å². The molecule has 0 aromatic heterocycles. The Balaban J connectivity index is 1.67. The number of carbonyl (C=O) groups is 1. The molecule has 3 rings (SSSR count). The Bertz CT molecular complexity index is 778. The average Bonchev–Trinajstić information content (AvgIpc) is 2.62. The number of rotatable bonds is 5. The van der Waals surface area contributed by atoms with E-state index >= 15 is 0 Å². The van der Waals surface area contributed by atoms with Crippen molar-refractivity contribution in [2.24, 2.45) is 0 Å². The van der Waals surface area contributed by atoms with Gasteiger partial charge in [0.25, 0.3) is 5.91 Å². The Morgan fingerprint density at radius 1 is 1.20 bits per heavy atom. The molecule has 2 aromatic carbocycles. The van der Waals surface area contributed by atoms with Crippen molar-refractivity contribution in [3.8, 4) is 17.2 Å². The Morgan fingerprint density at radius 2 is 2.00 bits per heavy atom. The highest BCUT2D eigenvalue weighted by atomic mass is 35.5. The maximum absolute atomic E-state index is 12.4. The van der Waals surface area contributed by atoms with Crippen molar-refractivity contribution in [1.82, 2.24) is 5.32 Å². The summed E-state index contributed by atoms with van der Waals surface area (Å²) in [4.78, 5) is 12.4. The van der Waals surface area contributed by atoms with Crippen molar-refractivity contribution in [2.75, 3.05) is 26.9 Å². The standard InChI is InChI=1S/C18H17Cl2NO4/c1-23-15-8-12(9-16-17(15)25-7-6-24-16)18(22)21-5-4-11-2-3-13(19)10-14(11)20/h2-3,8-10H,4-7H2,1H3,(H,21,22). The van der Waals surface area contributed by atoms with Gasteiger partial charge in [-0.1, -0.05) is 29.3 Å². The Kier molecular flexibility index (Phi) is 5.56. The second-order valence-electron chi connectivity index (χ2n) is 5.44. The second-order valence-corrected chi connectivity index (χ2v) is 6.29. The smallest absolute Gasteiger partial charge is 0.251 e. The molecule has 1 aliphatic heterocycles. The highest BCUT2D eigenvalue weighted by molar-refractivity contribution is 6.35. The number of nitrogens with one attached hydrogen (secondary N) is 1. The van der Waals surface area contributed by atoms with E-state index in [0.29, 0.717) is 59.0 Å². The molecule has 0 saturated heterocycles. The van der Waals surface area contributed by atoms with Gasteiger partial charge >= 0.3 is 0 Å². The van der Waals surface area contributed by atoms with Crippen LogP contribution in [0.2, 0.25) is 10.0 Å². The average molecular weight is 382 g/mol. The van der Waals surface area contributed by atoms with E-state index in [9.17, 15) is 4.79 Å². The summed E-state index contributed by atoms with van der Waals surface area (Å²) < 4.78 is 16.4. The van der Waals surface area contributed by atoms with Crippen LogP contribution in [0.25, 0.3) is 0 Å². The molecule has 1 heterocycles. The molecule has 25 heavy (non-hydrogen) atoms. The van der Waals surface area contributed by atoms with Crippen LogP contribution in [-0.2, 0) is 6.42 Å². The van der Waals surface area contributed by atoms with Gasteiger partial charge in [0.1, 0.15) is 13.2 Å². The van der Waals surface area contributed by atoms with Crippen LogP contribution >= 0.6 is 23.2 Å². The lowest BCUT2D eigenvalue weighted by molar-refractivity contribution is 0.0952. The van der Waals surface area contributed by atoms with Gasteiger partial charge in [0.05, 0.1) is 7.11 Å². The molecule has 1 amide bonds. The molecule has 7 heteroatoms. The SMILES string of the molecule is COc1cc(C(=O)NCCc2ccc(Cl)cc2Cl)cc2c1OCCO2. The molecule has 2 aromatic rings. The molecule has 0 fully saturated rings. The summed E-state index contributed by atoms with van der Waals surface area (Å²) in [6.45, 7) is 1.34. The fourth-order valence-electron chi connectivity index (χ4n) is 2.54. The van der Waals surface area contributed by atoms with E-state index in [1.54, 1.807) is 24.3 Å². The first-order valence-electron chi connectivity index (χ1n) is 7.78. The zero-order valence-corrected chi connectivity index (χ0v) is 15.1. The Hall–Kier alpha value is -2.11. The lowest BCUT2D eigenvalue weighted by Gasteiger charge is -2.21. The highest BCUT2D eigenvalue weighted by Crippen LogP contribution is 2.40. The summed E-state index contributed by atoms with van der Waals surface area (Å²) in [7, 11) is 1.53. The van der Waals surface area contributed by atoms with Crippen LogP contribution in [0.15, 0.2) is 30.3 Å². The maximum Gasteiger partial charge on any atom is 0.251 e. The van der Waals surface area contributed by atoms with Gasteiger partial charge in [0.15, 0.2) is 11.5 Å². The predicted octanol–water partition coefficient (Wildman–Crippen LogP) is 3.75. The van der Waals surface area contributed by atoms with Crippen LogP contribution in [0.3, 0.4) is 0 Å². The first-order valence-corrected chi connectivity index (χ1v) is 8.54. The van der Waals surface area contributed by atoms with Gasteiger partial charge in [0.2, 0.25) is 5.75 Å². The number of hydrogen-bond donors (Lipinski definition) is 1. The minimum Gasteiger partial charge on any atom is -0.493 e. The van der Waals surface area contributed by atoms with Crippen molar-refractivity contribution in [1.29, 1.82) is 0 Å². The zero-order valence-electron chi connectivity index (χ0n) is 13.6. The summed E-state index contributed by atoms with van der Waals surface area (Å²) in [5.41, 5.74) is 1.37. The van der Waals surface area contributed by atoms with E-state index in [-0.39, 0.29) is 5.91 Å². The third-order valence-corrected chi connectivity index (χ3v) is 4.37. The topological polar surface area (TPSA) is 56.8 Å². The van der Waals surface area contributed by atoms with E-state index in [0.717, 1.165) is 5.56 Å². The molecule has 5 nitrogen and oxygen atoms in total. The lowest BCUT2D eigenvalue weighted by Crippen LogP contribution is -2.26. The number of fused-ring (bicyclic) bond motifs is 1. The molecule has 0 saturated carbocycles. The van der Waals surface area contributed by atoms with Crippen LogP contribution in [0.5, 0.6) is 17.2 Å². The summed E-state index contributed by atoms with van der Waals surface area (Å²) in [5, 5.41) is 4.04. The lowest BCUT2D eigenvalue weighted by atomic mass is 10.1. The van der Waals surface area contributed by atoms with Crippen molar-refractivity contribution in [3.63, 3.8) is 0 Å². The van der Waals surface area contributed by atoms with Crippen LogP contribution in [0.4, 0.5) is 0 Å². The summed E-state index contributed by atoms with van der Waals surface area (Å²) in [5.74, 6) is 1.29. The zero-order chi connectivity index (χ0) is 17.8. The summed E-state index contributed by atoms with van der Waals surface area (Å²) >= 11 is 12.0. The van der Waals surface area contributed by atoms with Crippen LogP contribution < -0.4 is 19.5 Å². The molecular weight excluding hydrogens is 365 g/mol. The molecular formula is C18H17Cl2NO4. The summed E-state index contributed by atoms with van der Waals surface area (Å²) in [6.07, 6.45) is 0.601. The Morgan fingerprint density at radius 3 is 2.76 bits per heavy atom. The van der Waals surface area contributed by atoms with Gasteiger partial charge < -0.3 is 19.5 Å². The van der Waals surface area contributed by atoms with Crippen molar-refractivity contribution < 1.29 is 19.0 Å². The van der Waals surface area contributed by atoms with Crippen molar-refractivity contribution >= 4 is 29.1 Å². The number of ether oxygens (including phenoxy) is 3. The van der Waals surface area contributed by atoms with Crippen LogP contribution in [0, 0.1) is 0 Å². The number of halogens is 2. The number of amides is 1. The monoisotopic (exact) mass is 381 g/mol. The molecule has 132 valence electrons. The van der Waals surface area contributed by atoms with E-state index in [1.165, 1.54) is 7.11 Å². The van der Waals surface area contributed by atoms with Gasteiger partial charge in [-0.05, 0) is 36.2 Å². The molecule has 0 aliphatic carbocycles. The first kappa shape index (κ1) is 17.7. The third-order valence-electron chi connectivity index (χ3n) is 3.79. The third kappa shape index (κ3) is 4.11. The van der Waals surface area contributed by atoms with Crippen LogP contribution in [-0.4, -0.2) is 32.8 Å². The van der Waals surface area contributed by atoms with Crippen LogP contribution in [0.1, 0.15) is 15.9 Å². The maximum atomic E-state index is 12.4.